The first-order valence-corrected chi connectivity index (χ1v) is 8.43. The highest BCUT2D eigenvalue weighted by Crippen LogP contribution is 2.29. The van der Waals surface area contributed by atoms with Gasteiger partial charge in [0.25, 0.3) is 5.91 Å². The van der Waals surface area contributed by atoms with Crippen molar-refractivity contribution in [3.8, 4) is 11.4 Å². The lowest BCUT2D eigenvalue weighted by Crippen LogP contribution is -2.45. The first-order chi connectivity index (χ1) is 10.6. The quantitative estimate of drug-likeness (QED) is 0.911. The predicted octanol–water partition coefficient (Wildman–Crippen LogP) is 2.28. The second kappa shape index (κ2) is 6.14. The Hall–Kier alpha value is -1.79. The third-order valence-electron chi connectivity index (χ3n) is 3.94. The number of carbonyl (C=O) groups is 1. The Labute approximate surface area is 133 Å². The van der Waals surface area contributed by atoms with Crippen LogP contribution in [0, 0.1) is 0 Å². The average molecular weight is 317 g/mol. The third-order valence-corrected chi connectivity index (χ3v) is 4.93. The summed E-state index contributed by atoms with van der Waals surface area (Å²) in [4.78, 5) is 16.7. The maximum atomic E-state index is 12.4. The van der Waals surface area contributed by atoms with Crippen LogP contribution in [0.5, 0.6) is 0 Å². The first kappa shape index (κ1) is 15.1. The van der Waals surface area contributed by atoms with Gasteiger partial charge in [0, 0.05) is 30.7 Å². The lowest BCUT2D eigenvalue weighted by molar-refractivity contribution is -0.134. The van der Waals surface area contributed by atoms with Crippen molar-refractivity contribution >= 4 is 23.4 Å². The van der Waals surface area contributed by atoms with Crippen LogP contribution in [0.15, 0.2) is 36.7 Å². The Morgan fingerprint density at radius 1 is 1.41 bits per heavy atom. The van der Waals surface area contributed by atoms with Gasteiger partial charge in [-0.15, -0.1) is 0 Å². The van der Waals surface area contributed by atoms with Gasteiger partial charge in [0.05, 0.1) is 0 Å². The van der Waals surface area contributed by atoms with Gasteiger partial charge in [0.15, 0.2) is 0 Å². The minimum atomic E-state index is -1.25. The molecule has 0 atom stereocenters. The molecule has 1 aromatic heterocycles. The van der Waals surface area contributed by atoms with Crippen LogP contribution in [0.2, 0.25) is 0 Å². The Bertz CT molecular complexity index is 678. The highest BCUT2D eigenvalue weighted by atomic mass is 32.2. The number of hydrogen-bond acceptors (Lipinski definition) is 4. The molecule has 1 amide bonds. The monoisotopic (exact) mass is 317 g/mol. The number of rotatable bonds is 3. The van der Waals surface area contributed by atoms with Crippen LogP contribution in [-0.2, 0) is 11.8 Å². The van der Waals surface area contributed by atoms with Crippen LogP contribution in [0.3, 0.4) is 0 Å². The molecule has 6 heteroatoms. The van der Waals surface area contributed by atoms with Gasteiger partial charge < -0.3 is 15.0 Å². The van der Waals surface area contributed by atoms with Crippen LogP contribution in [0.25, 0.3) is 11.4 Å². The van der Waals surface area contributed by atoms with E-state index in [1.54, 1.807) is 18.0 Å². The smallest absolute Gasteiger partial charge is 0.256 e. The van der Waals surface area contributed by atoms with Crippen molar-refractivity contribution in [2.75, 3.05) is 16.8 Å². The fraction of sp³-hybridized carbons (Fsp3) is 0.375. The second-order valence-electron chi connectivity index (χ2n) is 5.54. The molecule has 1 saturated heterocycles. The van der Waals surface area contributed by atoms with Crippen molar-refractivity contribution in [2.45, 2.75) is 18.4 Å². The zero-order valence-electron chi connectivity index (χ0n) is 12.5. The van der Waals surface area contributed by atoms with Crippen molar-refractivity contribution in [1.82, 2.24) is 9.55 Å². The Balaban J connectivity index is 1.78. The second-order valence-corrected chi connectivity index (χ2v) is 6.77. The number of nitrogens with zero attached hydrogens (tertiary/aromatic N) is 2. The summed E-state index contributed by atoms with van der Waals surface area (Å²) in [6.45, 7) is 0. The summed E-state index contributed by atoms with van der Waals surface area (Å²) in [5.41, 5.74) is 0.360. The van der Waals surface area contributed by atoms with E-state index >= 15 is 0 Å². The first-order valence-electron chi connectivity index (χ1n) is 7.28. The fourth-order valence-electron chi connectivity index (χ4n) is 2.56. The number of hydrogen-bond donors (Lipinski definition) is 2. The van der Waals surface area contributed by atoms with Crippen molar-refractivity contribution in [3.63, 3.8) is 0 Å². The Morgan fingerprint density at radius 3 is 2.86 bits per heavy atom. The number of imidazole rings is 1. The van der Waals surface area contributed by atoms with E-state index in [1.807, 2.05) is 42.1 Å². The van der Waals surface area contributed by atoms with Gasteiger partial charge in [-0.2, -0.15) is 11.8 Å². The Morgan fingerprint density at radius 2 is 2.18 bits per heavy atom. The molecule has 0 bridgehead atoms. The van der Waals surface area contributed by atoms with Crippen LogP contribution in [-0.4, -0.2) is 37.7 Å². The highest BCUT2D eigenvalue weighted by Gasteiger charge is 2.37. The van der Waals surface area contributed by atoms with Gasteiger partial charge in [-0.3, -0.25) is 4.79 Å². The predicted molar refractivity (Wildman–Crippen MR) is 88.8 cm³/mol. The normalized spacial score (nSPS) is 17.2. The summed E-state index contributed by atoms with van der Waals surface area (Å²) in [5.74, 6) is 2.16. The molecule has 5 nitrogen and oxygen atoms in total. The van der Waals surface area contributed by atoms with E-state index in [2.05, 4.69) is 10.3 Å². The van der Waals surface area contributed by atoms with Gasteiger partial charge in [-0.1, -0.05) is 12.1 Å². The van der Waals surface area contributed by atoms with Gasteiger partial charge in [-0.25, -0.2) is 4.98 Å². The minimum Gasteiger partial charge on any atom is -0.380 e. The number of thioether (sulfide) groups is 1. The lowest BCUT2D eigenvalue weighted by atomic mass is 9.95. The number of amides is 1. The molecule has 1 fully saturated rings. The van der Waals surface area contributed by atoms with E-state index in [4.69, 9.17) is 0 Å². The fourth-order valence-corrected chi connectivity index (χ4v) is 3.73. The van der Waals surface area contributed by atoms with Crippen molar-refractivity contribution in [3.05, 3.63) is 36.7 Å². The molecule has 0 radical (unpaired) electrons. The molecule has 3 rings (SSSR count). The van der Waals surface area contributed by atoms with Gasteiger partial charge >= 0.3 is 0 Å². The summed E-state index contributed by atoms with van der Waals surface area (Å²) >= 11 is 1.77. The number of anilines is 1. The van der Waals surface area contributed by atoms with E-state index in [9.17, 15) is 9.90 Å². The van der Waals surface area contributed by atoms with Gasteiger partial charge in [0.2, 0.25) is 0 Å². The van der Waals surface area contributed by atoms with Crippen molar-refractivity contribution in [1.29, 1.82) is 0 Å². The number of nitrogens with one attached hydrogen (secondary N) is 1. The van der Waals surface area contributed by atoms with E-state index in [1.165, 1.54) is 0 Å². The van der Waals surface area contributed by atoms with Crippen LogP contribution < -0.4 is 5.32 Å². The van der Waals surface area contributed by atoms with Crippen molar-refractivity contribution < 1.29 is 9.90 Å². The van der Waals surface area contributed by atoms with Gasteiger partial charge in [-0.05, 0) is 36.5 Å². The molecular weight excluding hydrogens is 298 g/mol. The molecule has 22 heavy (non-hydrogen) atoms. The maximum absolute atomic E-state index is 12.4. The maximum Gasteiger partial charge on any atom is 0.256 e. The van der Waals surface area contributed by atoms with Gasteiger partial charge in [0.1, 0.15) is 11.4 Å². The zero-order chi connectivity index (χ0) is 15.6. The lowest BCUT2D eigenvalue weighted by Gasteiger charge is -2.30. The number of aryl methyl sites for hydroxylation is 1. The molecule has 0 spiro atoms. The summed E-state index contributed by atoms with van der Waals surface area (Å²) in [6, 6.07) is 7.52. The van der Waals surface area contributed by atoms with E-state index in [-0.39, 0.29) is 5.91 Å². The number of aromatic nitrogens is 2. The SMILES string of the molecule is Cn1ccnc1-c1cccc(NC(=O)C2(O)CCSCC2)c1. The summed E-state index contributed by atoms with van der Waals surface area (Å²) < 4.78 is 1.92. The minimum absolute atomic E-state index is 0.315. The summed E-state index contributed by atoms with van der Waals surface area (Å²) in [6.07, 6.45) is 4.62. The molecule has 2 heterocycles. The van der Waals surface area contributed by atoms with E-state index < -0.39 is 5.60 Å². The molecule has 2 N–H and O–H groups in total. The molecule has 1 aromatic carbocycles. The van der Waals surface area contributed by atoms with Crippen LogP contribution in [0.1, 0.15) is 12.8 Å². The topological polar surface area (TPSA) is 67.2 Å². The third kappa shape index (κ3) is 3.03. The molecule has 0 saturated carbocycles. The summed E-state index contributed by atoms with van der Waals surface area (Å²) in [7, 11) is 1.93. The molecule has 0 aliphatic carbocycles. The molecular formula is C16H19N3O2S. The van der Waals surface area contributed by atoms with Crippen LogP contribution >= 0.6 is 11.8 Å². The van der Waals surface area contributed by atoms with E-state index in [0.29, 0.717) is 18.5 Å². The zero-order valence-corrected chi connectivity index (χ0v) is 13.3. The van der Waals surface area contributed by atoms with Crippen molar-refractivity contribution in [2.24, 2.45) is 7.05 Å². The number of carbonyl (C=O) groups excluding carboxylic acids is 1. The standard InChI is InChI=1S/C16H19N3O2S/c1-19-8-7-17-14(19)12-3-2-4-13(11-12)18-15(20)16(21)5-9-22-10-6-16/h2-4,7-8,11,21H,5-6,9-10H2,1H3,(H,18,20). The molecule has 0 unspecified atom stereocenters. The Kier molecular flexibility index (Phi) is 4.22. The molecule has 1 aliphatic heterocycles. The molecule has 116 valence electrons. The van der Waals surface area contributed by atoms with Crippen LogP contribution in [0.4, 0.5) is 5.69 Å². The highest BCUT2D eigenvalue weighted by molar-refractivity contribution is 7.99. The molecule has 2 aromatic rings. The number of aliphatic hydroxyl groups is 1. The molecule has 1 aliphatic rings. The number of benzene rings is 1. The van der Waals surface area contributed by atoms with E-state index in [0.717, 1.165) is 22.9 Å². The average Bonchev–Trinajstić information content (AvgIpc) is 2.94. The summed E-state index contributed by atoms with van der Waals surface area (Å²) in [5, 5.41) is 13.3. The largest absolute Gasteiger partial charge is 0.380 e.